The zero-order valence-corrected chi connectivity index (χ0v) is 9.83. The van der Waals surface area contributed by atoms with Crippen molar-refractivity contribution in [3.63, 3.8) is 0 Å². The summed E-state index contributed by atoms with van der Waals surface area (Å²) in [5, 5.41) is 8.69. The molecular formula is C11H14F3NO3. The number of amides is 1. The molecule has 0 spiro atoms. The van der Waals surface area contributed by atoms with Crippen LogP contribution in [-0.4, -0.2) is 41.8 Å². The number of aliphatic hydroxyl groups excluding tert-OH is 1. The highest BCUT2D eigenvalue weighted by Crippen LogP contribution is 2.19. The molecule has 7 heteroatoms. The second kappa shape index (κ2) is 5.90. The Hall–Kier alpha value is -1.50. The van der Waals surface area contributed by atoms with E-state index in [4.69, 9.17) is 9.52 Å². The summed E-state index contributed by atoms with van der Waals surface area (Å²) < 4.78 is 41.9. The van der Waals surface area contributed by atoms with Gasteiger partial charge in [0.2, 0.25) is 0 Å². The predicted octanol–water partition coefficient (Wildman–Crippen LogP) is 1.84. The van der Waals surface area contributed by atoms with Crippen molar-refractivity contribution in [2.24, 2.45) is 0 Å². The number of carbonyl (C=O) groups excluding carboxylic acids is 1. The summed E-state index contributed by atoms with van der Waals surface area (Å²) in [6, 6.07) is 2.87. The van der Waals surface area contributed by atoms with Gasteiger partial charge < -0.3 is 14.4 Å². The predicted molar refractivity (Wildman–Crippen MR) is 57.1 cm³/mol. The Labute approximate surface area is 102 Å². The van der Waals surface area contributed by atoms with Crippen LogP contribution in [0, 0.1) is 0 Å². The first-order valence-corrected chi connectivity index (χ1v) is 5.43. The molecule has 1 aromatic rings. The SMILES string of the molecule is CCc1ccc(C(=O)N(CCO)CC(F)(F)F)o1. The Morgan fingerprint density at radius 2 is 2.11 bits per heavy atom. The Bertz CT molecular complexity index is 400. The van der Waals surface area contributed by atoms with E-state index >= 15 is 0 Å². The standard InChI is InChI=1S/C11H14F3NO3/c1-2-8-3-4-9(18-8)10(17)15(5-6-16)7-11(12,13)14/h3-4,16H,2,5-7H2,1H3. The highest BCUT2D eigenvalue weighted by atomic mass is 19.4. The highest BCUT2D eigenvalue weighted by molar-refractivity contribution is 5.91. The van der Waals surface area contributed by atoms with Crippen LogP contribution in [0.3, 0.4) is 0 Å². The third kappa shape index (κ3) is 4.06. The fraction of sp³-hybridized carbons (Fsp3) is 0.545. The second-order valence-corrected chi connectivity index (χ2v) is 3.69. The van der Waals surface area contributed by atoms with Gasteiger partial charge in [0.05, 0.1) is 6.61 Å². The van der Waals surface area contributed by atoms with Crippen molar-refractivity contribution in [2.45, 2.75) is 19.5 Å². The molecule has 0 aliphatic rings. The van der Waals surface area contributed by atoms with E-state index in [0.717, 1.165) is 0 Å². The summed E-state index contributed by atoms with van der Waals surface area (Å²) in [6.07, 6.45) is -3.96. The van der Waals surface area contributed by atoms with Crippen LogP contribution in [0.25, 0.3) is 0 Å². The largest absolute Gasteiger partial charge is 0.456 e. The number of furan rings is 1. The van der Waals surface area contributed by atoms with Crippen molar-refractivity contribution >= 4 is 5.91 Å². The first-order chi connectivity index (χ1) is 8.37. The summed E-state index contributed by atoms with van der Waals surface area (Å²) in [4.78, 5) is 12.3. The molecular weight excluding hydrogens is 251 g/mol. The molecule has 1 rings (SSSR count). The van der Waals surface area contributed by atoms with Crippen molar-refractivity contribution in [1.82, 2.24) is 4.90 Å². The van der Waals surface area contributed by atoms with E-state index in [-0.39, 0.29) is 12.3 Å². The van der Waals surface area contributed by atoms with Crippen LogP contribution in [0.4, 0.5) is 13.2 Å². The van der Waals surface area contributed by atoms with Gasteiger partial charge in [-0.2, -0.15) is 13.2 Å². The van der Waals surface area contributed by atoms with E-state index in [0.29, 0.717) is 17.1 Å². The van der Waals surface area contributed by atoms with Crippen molar-refractivity contribution in [2.75, 3.05) is 19.7 Å². The van der Waals surface area contributed by atoms with Crippen LogP contribution >= 0.6 is 0 Å². The fourth-order valence-electron chi connectivity index (χ4n) is 1.43. The lowest BCUT2D eigenvalue weighted by molar-refractivity contribution is -0.141. The third-order valence-electron chi connectivity index (χ3n) is 2.25. The van der Waals surface area contributed by atoms with E-state index in [2.05, 4.69) is 0 Å². The Morgan fingerprint density at radius 1 is 1.44 bits per heavy atom. The molecule has 0 aromatic carbocycles. The van der Waals surface area contributed by atoms with Gasteiger partial charge in [0.1, 0.15) is 12.3 Å². The van der Waals surface area contributed by atoms with Gasteiger partial charge in [-0.15, -0.1) is 0 Å². The van der Waals surface area contributed by atoms with Crippen LogP contribution in [0.5, 0.6) is 0 Å². The van der Waals surface area contributed by atoms with Gasteiger partial charge in [0, 0.05) is 13.0 Å². The minimum absolute atomic E-state index is 0.149. The van der Waals surface area contributed by atoms with Gasteiger partial charge in [0.15, 0.2) is 5.76 Å². The number of hydrogen-bond donors (Lipinski definition) is 1. The smallest absolute Gasteiger partial charge is 0.406 e. The molecule has 0 atom stereocenters. The van der Waals surface area contributed by atoms with Crippen LogP contribution in [0.1, 0.15) is 23.2 Å². The minimum Gasteiger partial charge on any atom is -0.456 e. The molecule has 0 saturated heterocycles. The van der Waals surface area contributed by atoms with Crippen molar-refractivity contribution in [1.29, 1.82) is 0 Å². The number of halogens is 3. The van der Waals surface area contributed by atoms with E-state index in [1.54, 1.807) is 6.92 Å². The molecule has 0 aliphatic carbocycles. The number of alkyl halides is 3. The van der Waals surface area contributed by atoms with Crippen LogP contribution in [-0.2, 0) is 6.42 Å². The molecule has 1 heterocycles. The molecule has 1 aromatic heterocycles. The lowest BCUT2D eigenvalue weighted by atomic mass is 10.3. The number of hydrogen-bond acceptors (Lipinski definition) is 3. The minimum atomic E-state index is -4.51. The van der Waals surface area contributed by atoms with Crippen LogP contribution in [0.2, 0.25) is 0 Å². The van der Waals surface area contributed by atoms with E-state index in [1.165, 1.54) is 12.1 Å². The quantitative estimate of drug-likeness (QED) is 0.883. The number of aliphatic hydroxyl groups is 1. The number of nitrogens with zero attached hydrogens (tertiary/aromatic N) is 1. The molecule has 18 heavy (non-hydrogen) atoms. The maximum Gasteiger partial charge on any atom is 0.406 e. The summed E-state index contributed by atoms with van der Waals surface area (Å²) in [6.45, 7) is -0.535. The zero-order chi connectivity index (χ0) is 13.8. The monoisotopic (exact) mass is 265 g/mol. The first-order valence-electron chi connectivity index (χ1n) is 5.43. The molecule has 0 radical (unpaired) electrons. The van der Waals surface area contributed by atoms with Crippen molar-refractivity contribution in [3.8, 4) is 0 Å². The summed E-state index contributed by atoms with van der Waals surface area (Å²) in [7, 11) is 0. The summed E-state index contributed by atoms with van der Waals surface area (Å²) >= 11 is 0. The number of rotatable bonds is 5. The normalized spacial score (nSPS) is 11.6. The van der Waals surface area contributed by atoms with Crippen LogP contribution in [0.15, 0.2) is 16.5 Å². The maximum atomic E-state index is 12.3. The average Bonchev–Trinajstić information content (AvgIpc) is 2.74. The summed E-state index contributed by atoms with van der Waals surface area (Å²) in [5.74, 6) is -0.500. The Kier molecular flexibility index (Phi) is 4.77. The fourth-order valence-corrected chi connectivity index (χ4v) is 1.43. The Morgan fingerprint density at radius 3 is 2.56 bits per heavy atom. The second-order valence-electron chi connectivity index (χ2n) is 3.69. The van der Waals surface area contributed by atoms with Gasteiger partial charge in [-0.05, 0) is 12.1 Å². The molecule has 0 bridgehead atoms. The van der Waals surface area contributed by atoms with Gasteiger partial charge in [-0.25, -0.2) is 0 Å². The molecule has 4 nitrogen and oxygen atoms in total. The van der Waals surface area contributed by atoms with E-state index < -0.39 is 25.2 Å². The van der Waals surface area contributed by atoms with Gasteiger partial charge >= 0.3 is 6.18 Å². The highest BCUT2D eigenvalue weighted by Gasteiger charge is 2.33. The zero-order valence-electron chi connectivity index (χ0n) is 9.83. The molecule has 0 saturated carbocycles. The molecule has 1 amide bonds. The lowest BCUT2D eigenvalue weighted by Gasteiger charge is -2.21. The number of carbonyl (C=O) groups is 1. The molecule has 0 unspecified atom stereocenters. The topological polar surface area (TPSA) is 53.7 Å². The third-order valence-corrected chi connectivity index (χ3v) is 2.25. The van der Waals surface area contributed by atoms with Gasteiger partial charge in [-0.1, -0.05) is 6.92 Å². The van der Waals surface area contributed by atoms with Crippen LogP contribution < -0.4 is 0 Å². The number of aryl methyl sites for hydroxylation is 1. The average molecular weight is 265 g/mol. The molecule has 0 aliphatic heterocycles. The molecule has 1 N–H and O–H groups in total. The van der Waals surface area contributed by atoms with Crippen molar-refractivity contribution in [3.05, 3.63) is 23.7 Å². The first kappa shape index (κ1) is 14.6. The summed E-state index contributed by atoms with van der Waals surface area (Å²) in [5.41, 5.74) is 0. The van der Waals surface area contributed by atoms with E-state index in [1.807, 2.05) is 0 Å². The maximum absolute atomic E-state index is 12.3. The molecule has 0 fully saturated rings. The Balaban J connectivity index is 2.81. The van der Waals surface area contributed by atoms with Gasteiger partial charge in [-0.3, -0.25) is 4.79 Å². The molecule has 102 valence electrons. The lowest BCUT2D eigenvalue weighted by Crippen LogP contribution is -2.40. The van der Waals surface area contributed by atoms with E-state index in [9.17, 15) is 18.0 Å². The van der Waals surface area contributed by atoms with Gasteiger partial charge in [0.25, 0.3) is 5.91 Å². The van der Waals surface area contributed by atoms with Crippen molar-refractivity contribution < 1.29 is 27.5 Å².